The Kier molecular flexibility index (Phi) is 8.45. The molecule has 0 heterocycles. The molecular formula is C26H26. The third kappa shape index (κ3) is 7.19. The normalized spacial score (nSPS) is 26.8. The molecule has 1 aromatic rings. The van der Waals surface area contributed by atoms with E-state index in [1.54, 1.807) is 0 Å². The van der Waals surface area contributed by atoms with E-state index in [2.05, 4.69) is 80.3 Å². The van der Waals surface area contributed by atoms with Gasteiger partial charge in [0, 0.05) is 0 Å². The molecule has 0 fully saturated rings. The number of benzene rings is 1. The van der Waals surface area contributed by atoms with Crippen LogP contribution in [0.4, 0.5) is 0 Å². The highest BCUT2D eigenvalue weighted by Crippen LogP contribution is 2.22. The standard InChI is InChI=1S/C26H26/c1-23-17-11-7-5-3-4-6-8-13-19-25(20-14-9-12-18-23)24(2)26-21-15-10-16-22-26/h3-10,12-22H,2,11H2,1H3/b4-3+,7-5-,8-6+,14-9+,18-12+,19-13-,23-17-,25-20+. The maximum absolute atomic E-state index is 4.27. The summed E-state index contributed by atoms with van der Waals surface area (Å²) in [6.45, 7) is 6.39. The minimum atomic E-state index is 0.939. The van der Waals surface area contributed by atoms with Gasteiger partial charge in [0.25, 0.3) is 0 Å². The van der Waals surface area contributed by atoms with Crippen LogP contribution >= 0.6 is 0 Å². The van der Waals surface area contributed by atoms with Crippen LogP contribution in [0.15, 0.2) is 133 Å². The van der Waals surface area contributed by atoms with Gasteiger partial charge >= 0.3 is 0 Å². The minimum absolute atomic E-state index is 0.939. The Morgan fingerprint density at radius 3 is 2.23 bits per heavy atom. The third-order valence-electron chi connectivity index (χ3n) is 3.87. The average Bonchev–Trinajstić information content (AvgIpc) is 2.67. The molecule has 0 spiro atoms. The smallest absolute Gasteiger partial charge is 0.0160 e. The van der Waals surface area contributed by atoms with Gasteiger partial charge in [-0.3, -0.25) is 0 Å². The maximum Gasteiger partial charge on any atom is -0.0160 e. The highest BCUT2D eigenvalue weighted by atomic mass is 14.0. The molecule has 0 atom stereocenters. The van der Waals surface area contributed by atoms with E-state index in [1.165, 1.54) is 5.57 Å². The molecule has 1 aromatic carbocycles. The van der Waals surface area contributed by atoms with Gasteiger partial charge in [-0.2, -0.15) is 0 Å². The fraction of sp³-hybridized carbons (Fsp3) is 0.0769. The summed E-state index contributed by atoms with van der Waals surface area (Å²) in [6.07, 6.45) is 30.0. The van der Waals surface area contributed by atoms with Crippen LogP contribution in [0.3, 0.4) is 0 Å². The Morgan fingerprint density at radius 1 is 0.769 bits per heavy atom. The van der Waals surface area contributed by atoms with Gasteiger partial charge < -0.3 is 0 Å². The van der Waals surface area contributed by atoms with E-state index in [-0.39, 0.29) is 0 Å². The van der Waals surface area contributed by atoms with Crippen molar-refractivity contribution < 1.29 is 0 Å². The van der Waals surface area contributed by atoms with E-state index in [1.807, 2.05) is 48.6 Å². The topological polar surface area (TPSA) is 0 Å². The van der Waals surface area contributed by atoms with Crippen LogP contribution in [0.2, 0.25) is 0 Å². The van der Waals surface area contributed by atoms with Crippen molar-refractivity contribution in [3.05, 3.63) is 139 Å². The lowest BCUT2D eigenvalue weighted by Crippen LogP contribution is -1.85. The first-order valence-electron chi connectivity index (χ1n) is 8.90. The summed E-state index contributed by atoms with van der Waals surface area (Å²) in [7, 11) is 0. The highest BCUT2D eigenvalue weighted by Gasteiger charge is 2.00. The van der Waals surface area contributed by atoms with Crippen LogP contribution in [0.1, 0.15) is 18.9 Å². The first kappa shape index (κ1) is 19.2. The Morgan fingerprint density at radius 2 is 1.42 bits per heavy atom. The lowest BCUT2D eigenvalue weighted by molar-refractivity contribution is 1.33. The summed E-state index contributed by atoms with van der Waals surface area (Å²) in [5, 5.41) is 0. The molecule has 0 radical (unpaired) electrons. The second-order valence-electron chi connectivity index (χ2n) is 5.95. The van der Waals surface area contributed by atoms with Crippen LogP contribution in [0, 0.1) is 0 Å². The highest BCUT2D eigenvalue weighted by molar-refractivity contribution is 5.80. The molecule has 0 N–H and O–H groups in total. The zero-order valence-electron chi connectivity index (χ0n) is 15.4. The van der Waals surface area contributed by atoms with Gasteiger partial charge in [0.1, 0.15) is 0 Å². The van der Waals surface area contributed by atoms with Gasteiger partial charge in [-0.25, -0.2) is 0 Å². The molecule has 0 unspecified atom stereocenters. The Labute approximate surface area is 158 Å². The predicted octanol–water partition coefficient (Wildman–Crippen LogP) is 7.31. The van der Waals surface area contributed by atoms with Gasteiger partial charge in [-0.1, -0.05) is 128 Å². The molecule has 0 saturated heterocycles. The van der Waals surface area contributed by atoms with E-state index < -0.39 is 0 Å². The Bertz CT molecular complexity index is 816. The lowest BCUT2D eigenvalue weighted by atomic mass is 9.98. The Hall–Kier alpha value is -3.12. The molecule has 0 nitrogen and oxygen atoms in total. The van der Waals surface area contributed by atoms with Crippen LogP contribution in [0.25, 0.3) is 5.57 Å². The SMILES string of the molecule is C=C(C1=C/C=C/C=C/C(C)=C\C\C=C/C=C/C=C/C=C\1)c1ccccc1. The molecule has 0 aromatic heterocycles. The molecule has 2 rings (SSSR count). The third-order valence-corrected chi connectivity index (χ3v) is 3.87. The summed E-state index contributed by atoms with van der Waals surface area (Å²) in [4.78, 5) is 0. The summed E-state index contributed by atoms with van der Waals surface area (Å²) < 4.78 is 0. The van der Waals surface area contributed by atoms with Crippen molar-refractivity contribution in [2.45, 2.75) is 13.3 Å². The second kappa shape index (κ2) is 11.4. The van der Waals surface area contributed by atoms with E-state index in [0.717, 1.165) is 23.1 Å². The monoisotopic (exact) mass is 338 g/mol. The van der Waals surface area contributed by atoms with Crippen molar-refractivity contribution in [2.75, 3.05) is 0 Å². The molecular weight excluding hydrogens is 312 g/mol. The van der Waals surface area contributed by atoms with Gasteiger partial charge in [-0.15, -0.1) is 0 Å². The second-order valence-corrected chi connectivity index (χ2v) is 5.95. The van der Waals surface area contributed by atoms with Crippen molar-refractivity contribution in [2.24, 2.45) is 0 Å². The molecule has 26 heavy (non-hydrogen) atoms. The zero-order chi connectivity index (χ0) is 18.5. The number of hydrogen-bond donors (Lipinski definition) is 0. The van der Waals surface area contributed by atoms with E-state index in [0.29, 0.717) is 0 Å². The zero-order valence-corrected chi connectivity index (χ0v) is 15.4. The summed E-state index contributed by atoms with van der Waals surface area (Å²) in [5.74, 6) is 0. The van der Waals surface area contributed by atoms with Crippen molar-refractivity contribution in [3.63, 3.8) is 0 Å². The first-order chi connectivity index (χ1) is 12.8. The van der Waals surface area contributed by atoms with Crippen LogP contribution < -0.4 is 0 Å². The molecule has 0 heteroatoms. The largest absolute Gasteiger partial charge is 0.0906 e. The molecule has 1 aliphatic rings. The summed E-state index contributed by atoms with van der Waals surface area (Å²) in [6, 6.07) is 10.3. The fourth-order valence-corrected chi connectivity index (χ4v) is 2.39. The van der Waals surface area contributed by atoms with Crippen molar-refractivity contribution in [3.8, 4) is 0 Å². The molecule has 1 aliphatic carbocycles. The van der Waals surface area contributed by atoms with Crippen LogP contribution in [0.5, 0.6) is 0 Å². The first-order valence-corrected chi connectivity index (χ1v) is 8.90. The molecule has 130 valence electrons. The van der Waals surface area contributed by atoms with E-state index >= 15 is 0 Å². The van der Waals surface area contributed by atoms with Gasteiger partial charge in [0.15, 0.2) is 0 Å². The maximum atomic E-state index is 4.27. The molecule has 0 aliphatic heterocycles. The molecule has 0 bridgehead atoms. The van der Waals surface area contributed by atoms with Crippen molar-refractivity contribution in [1.29, 1.82) is 0 Å². The van der Waals surface area contributed by atoms with E-state index in [9.17, 15) is 0 Å². The fourth-order valence-electron chi connectivity index (χ4n) is 2.39. The number of rotatable bonds is 2. The minimum Gasteiger partial charge on any atom is -0.0906 e. The number of hydrogen-bond acceptors (Lipinski definition) is 0. The van der Waals surface area contributed by atoms with E-state index in [4.69, 9.17) is 0 Å². The predicted molar refractivity (Wildman–Crippen MR) is 117 cm³/mol. The van der Waals surface area contributed by atoms with Gasteiger partial charge in [0.05, 0.1) is 0 Å². The molecule has 0 amide bonds. The summed E-state index contributed by atoms with van der Waals surface area (Å²) >= 11 is 0. The Balaban J connectivity index is 2.29. The average molecular weight is 338 g/mol. The lowest BCUT2D eigenvalue weighted by Gasteiger charge is -2.06. The quantitative estimate of drug-likeness (QED) is 0.530. The van der Waals surface area contributed by atoms with Crippen molar-refractivity contribution >= 4 is 5.57 Å². The van der Waals surface area contributed by atoms with Gasteiger partial charge in [-0.05, 0) is 30.1 Å². The summed E-state index contributed by atoms with van der Waals surface area (Å²) in [5.41, 5.74) is 4.48. The van der Waals surface area contributed by atoms with Crippen molar-refractivity contribution in [1.82, 2.24) is 0 Å². The van der Waals surface area contributed by atoms with Crippen LogP contribution in [-0.4, -0.2) is 0 Å². The van der Waals surface area contributed by atoms with Gasteiger partial charge in [0.2, 0.25) is 0 Å². The number of allylic oxidation sites excluding steroid dienone is 17. The van der Waals surface area contributed by atoms with Crippen LogP contribution in [-0.2, 0) is 0 Å². The molecule has 0 saturated carbocycles.